The van der Waals surface area contributed by atoms with Gasteiger partial charge in [-0.3, -0.25) is 4.79 Å². The average Bonchev–Trinajstić information content (AvgIpc) is 2.90. The van der Waals surface area contributed by atoms with E-state index in [4.69, 9.17) is 5.73 Å². The second kappa shape index (κ2) is 5.59. The topological polar surface area (TPSA) is 55.1 Å². The molecule has 1 amide bonds. The van der Waals surface area contributed by atoms with Crippen LogP contribution in [0.25, 0.3) is 0 Å². The largest absolute Gasteiger partial charge is 0.398 e. The molecule has 102 valence electrons. The second-order valence-electron chi connectivity index (χ2n) is 4.82. The fraction of sp³-hybridized carbons (Fsp3) is 0.188. The Hall–Kier alpha value is -1.94. The Morgan fingerprint density at radius 1 is 1.20 bits per heavy atom. The third-order valence-corrected chi connectivity index (χ3v) is 4.71. The van der Waals surface area contributed by atoms with Crippen molar-refractivity contribution in [1.82, 2.24) is 5.32 Å². The zero-order valence-electron chi connectivity index (χ0n) is 11.0. The molecule has 20 heavy (non-hydrogen) atoms. The molecule has 0 bridgehead atoms. The predicted octanol–water partition coefficient (Wildman–Crippen LogP) is 2.77. The number of para-hydroxylation sites is 1. The van der Waals surface area contributed by atoms with E-state index >= 15 is 0 Å². The maximum Gasteiger partial charge on any atom is 0.228 e. The van der Waals surface area contributed by atoms with Crippen LogP contribution in [-0.4, -0.2) is 11.7 Å². The summed E-state index contributed by atoms with van der Waals surface area (Å²) in [5.74, 6) is 0.835. The lowest BCUT2D eigenvalue weighted by atomic mass is 10.0. The van der Waals surface area contributed by atoms with Crippen LogP contribution in [0.4, 0.5) is 5.69 Å². The maximum atomic E-state index is 12.3. The summed E-state index contributed by atoms with van der Waals surface area (Å²) in [7, 11) is 0. The van der Waals surface area contributed by atoms with Gasteiger partial charge in [-0.1, -0.05) is 36.4 Å². The van der Waals surface area contributed by atoms with E-state index < -0.39 is 0 Å². The number of hydrogen-bond acceptors (Lipinski definition) is 3. The fourth-order valence-corrected chi connectivity index (χ4v) is 3.61. The molecule has 0 spiro atoms. The van der Waals surface area contributed by atoms with Gasteiger partial charge in [-0.15, -0.1) is 11.8 Å². The van der Waals surface area contributed by atoms with Crippen molar-refractivity contribution in [2.45, 2.75) is 17.4 Å². The first-order valence-corrected chi connectivity index (χ1v) is 7.57. The van der Waals surface area contributed by atoms with Gasteiger partial charge in [0, 0.05) is 22.9 Å². The quantitative estimate of drug-likeness (QED) is 0.852. The highest BCUT2D eigenvalue weighted by atomic mass is 32.2. The summed E-state index contributed by atoms with van der Waals surface area (Å²) in [6.07, 6.45) is 0. The Morgan fingerprint density at radius 2 is 1.95 bits per heavy atom. The number of anilines is 1. The number of nitrogens with one attached hydrogen (secondary N) is 1. The summed E-state index contributed by atoms with van der Waals surface area (Å²) in [6.45, 7) is 0.481. The number of nitrogens with two attached hydrogens (primary N) is 1. The molecule has 3 nitrogen and oxygen atoms in total. The minimum Gasteiger partial charge on any atom is -0.398 e. The van der Waals surface area contributed by atoms with Crippen molar-refractivity contribution < 1.29 is 4.79 Å². The summed E-state index contributed by atoms with van der Waals surface area (Å²) in [6, 6.07) is 15.7. The Bertz CT molecular complexity index is 642. The lowest BCUT2D eigenvalue weighted by Crippen LogP contribution is -2.29. The molecule has 0 saturated carbocycles. The third-order valence-electron chi connectivity index (χ3n) is 3.52. The van der Waals surface area contributed by atoms with Gasteiger partial charge in [-0.2, -0.15) is 0 Å². The zero-order valence-corrected chi connectivity index (χ0v) is 11.8. The Labute approximate surface area is 122 Å². The van der Waals surface area contributed by atoms with Crippen LogP contribution in [-0.2, 0) is 11.3 Å². The van der Waals surface area contributed by atoms with Crippen molar-refractivity contribution in [2.24, 2.45) is 0 Å². The normalized spacial score (nSPS) is 16.7. The molecule has 1 heterocycles. The lowest BCUT2D eigenvalue weighted by molar-refractivity contribution is -0.122. The van der Waals surface area contributed by atoms with E-state index in [2.05, 4.69) is 11.4 Å². The first-order chi connectivity index (χ1) is 9.75. The molecule has 0 radical (unpaired) electrons. The van der Waals surface area contributed by atoms with Gasteiger partial charge in [0.25, 0.3) is 0 Å². The molecule has 1 atom stereocenters. The molecule has 0 saturated heterocycles. The molecular formula is C16H16N2OS. The minimum atomic E-state index is -0.0545. The minimum absolute atomic E-state index is 0.0545. The van der Waals surface area contributed by atoms with Crippen molar-refractivity contribution >= 4 is 23.4 Å². The molecule has 2 aromatic rings. The van der Waals surface area contributed by atoms with Crippen LogP contribution >= 0.6 is 11.8 Å². The molecular weight excluding hydrogens is 268 g/mol. The van der Waals surface area contributed by atoms with E-state index in [1.807, 2.05) is 42.5 Å². The van der Waals surface area contributed by atoms with Gasteiger partial charge in [0.15, 0.2) is 0 Å². The van der Waals surface area contributed by atoms with Crippen LogP contribution in [0.3, 0.4) is 0 Å². The van der Waals surface area contributed by atoms with Crippen LogP contribution in [0.5, 0.6) is 0 Å². The molecule has 0 aliphatic carbocycles. The summed E-state index contributed by atoms with van der Waals surface area (Å²) in [5.41, 5.74) is 8.69. The highest BCUT2D eigenvalue weighted by molar-refractivity contribution is 7.99. The molecule has 0 fully saturated rings. The summed E-state index contributed by atoms with van der Waals surface area (Å²) >= 11 is 1.74. The number of benzene rings is 2. The van der Waals surface area contributed by atoms with Crippen molar-refractivity contribution in [1.29, 1.82) is 0 Å². The second-order valence-corrected chi connectivity index (χ2v) is 5.88. The number of carbonyl (C=O) groups excluding carboxylic acids is 1. The first-order valence-electron chi connectivity index (χ1n) is 6.58. The first kappa shape index (κ1) is 13.1. The Kier molecular flexibility index (Phi) is 3.65. The lowest BCUT2D eigenvalue weighted by Gasteiger charge is -2.12. The van der Waals surface area contributed by atoms with E-state index in [-0.39, 0.29) is 11.8 Å². The summed E-state index contributed by atoms with van der Waals surface area (Å²) < 4.78 is 0. The fourth-order valence-electron chi connectivity index (χ4n) is 2.38. The molecule has 0 aromatic heterocycles. The van der Waals surface area contributed by atoms with Crippen LogP contribution in [0, 0.1) is 0 Å². The van der Waals surface area contributed by atoms with Gasteiger partial charge in [0.2, 0.25) is 5.91 Å². The number of fused-ring (bicyclic) bond motifs is 1. The molecule has 2 aromatic carbocycles. The van der Waals surface area contributed by atoms with Crippen molar-refractivity contribution in [3.63, 3.8) is 0 Å². The number of rotatable bonds is 3. The van der Waals surface area contributed by atoms with Gasteiger partial charge in [-0.25, -0.2) is 0 Å². The van der Waals surface area contributed by atoms with Crippen molar-refractivity contribution in [2.75, 3.05) is 11.5 Å². The number of thioether (sulfide) groups is 1. The highest BCUT2D eigenvalue weighted by Crippen LogP contribution is 2.39. The SMILES string of the molecule is Nc1ccccc1CNC(=O)C1CSc2ccccc21. The molecule has 1 aliphatic rings. The summed E-state index contributed by atoms with van der Waals surface area (Å²) in [5, 5.41) is 2.99. The van der Waals surface area contributed by atoms with Crippen molar-refractivity contribution in [3.8, 4) is 0 Å². The monoisotopic (exact) mass is 284 g/mol. The van der Waals surface area contributed by atoms with E-state index in [9.17, 15) is 4.79 Å². The maximum absolute atomic E-state index is 12.3. The molecule has 4 heteroatoms. The van der Waals surface area contributed by atoms with E-state index in [1.54, 1.807) is 11.8 Å². The van der Waals surface area contributed by atoms with Gasteiger partial charge in [-0.05, 0) is 23.3 Å². The van der Waals surface area contributed by atoms with Crippen molar-refractivity contribution in [3.05, 3.63) is 59.7 Å². The Morgan fingerprint density at radius 3 is 2.80 bits per heavy atom. The van der Waals surface area contributed by atoms with E-state index in [1.165, 1.54) is 4.90 Å². The highest BCUT2D eigenvalue weighted by Gasteiger charge is 2.28. The molecule has 3 N–H and O–H groups in total. The summed E-state index contributed by atoms with van der Waals surface area (Å²) in [4.78, 5) is 13.5. The average molecular weight is 284 g/mol. The van der Waals surface area contributed by atoms with Crippen LogP contribution < -0.4 is 11.1 Å². The van der Waals surface area contributed by atoms with E-state index in [0.717, 1.165) is 16.9 Å². The predicted molar refractivity (Wildman–Crippen MR) is 82.6 cm³/mol. The van der Waals surface area contributed by atoms with Gasteiger partial charge < -0.3 is 11.1 Å². The zero-order chi connectivity index (χ0) is 13.9. The molecule has 1 aliphatic heterocycles. The third kappa shape index (κ3) is 2.51. The standard InChI is InChI=1S/C16H16N2OS/c17-14-7-3-1-5-11(14)9-18-16(19)13-10-20-15-8-4-2-6-12(13)15/h1-8,13H,9-10,17H2,(H,18,19). The van der Waals surface area contributed by atoms with Gasteiger partial charge in [0.1, 0.15) is 0 Å². The van der Waals surface area contributed by atoms with Gasteiger partial charge in [0.05, 0.1) is 5.92 Å². The number of amides is 1. The van der Waals surface area contributed by atoms with Crippen LogP contribution in [0.1, 0.15) is 17.0 Å². The molecule has 3 rings (SSSR count). The molecule has 1 unspecified atom stereocenters. The number of hydrogen-bond donors (Lipinski definition) is 2. The Balaban J connectivity index is 1.68. The van der Waals surface area contributed by atoms with Gasteiger partial charge >= 0.3 is 0 Å². The number of carbonyl (C=O) groups is 1. The van der Waals surface area contributed by atoms with E-state index in [0.29, 0.717) is 12.2 Å². The number of nitrogen functional groups attached to an aromatic ring is 1. The van der Waals surface area contributed by atoms with Crippen LogP contribution in [0.2, 0.25) is 0 Å². The van der Waals surface area contributed by atoms with Crippen LogP contribution in [0.15, 0.2) is 53.4 Å². The smallest absolute Gasteiger partial charge is 0.228 e.